The molecule has 0 bridgehead atoms. The van der Waals surface area contributed by atoms with Gasteiger partial charge in [0, 0.05) is 17.5 Å². The molecule has 1 aliphatic carbocycles. The number of aromatic hydroxyl groups is 1. The van der Waals surface area contributed by atoms with Gasteiger partial charge in [0.15, 0.2) is 11.5 Å². The minimum Gasteiger partial charge on any atom is -0.504 e. The van der Waals surface area contributed by atoms with Gasteiger partial charge in [0.2, 0.25) is 0 Å². The predicted molar refractivity (Wildman–Crippen MR) is 77.9 cm³/mol. The molecule has 3 heteroatoms. The van der Waals surface area contributed by atoms with Crippen molar-refractivity contribution in [1.82, 2.24) is 0 Å². The number of methoxy groups -OCH3 is 1. The highest BCUT2D eigenvalue weighted by molar-refractivity contribution is 5.54. The van der Waals surface area contributed by atoms with Crippen molar-refractivity contribution in [3.8, 4) is 11.5 Å². The van der Waals surface area contributed by atoms with Gasteiger partial charge in [-0.3, -0.25) is 0 Å². The van der Waals surface area contributed by atoms with Crippen LogP contribution in [0.1, 0.15) is 51.2 Å². The number of benzene rings is 1. The van der Waals surface area contributed by atoms with E-state index in [4.69, 9.17) is 10.5 Å². The van der Waals surface area contributed by atoms with Crippen LogP contribution in [-0.2, 0) is 10.8 Å². The Morgan fingerprint density at radius 1 is 1.32 bits per heavy atom. The molecule has 0 aromatic heterocycles. The van der Waals surface area contributed by atoms with Gasteiger partial charge in [-0.05, 0) is 29.9 Å². The quantitative estimate of drug-likeness (QED) is 0.881. The van der Waals surface area contributed by atoms with Gasteiger partial charge in [0.25, 0.3) is 0 Å². The second kappa shape index (κ2) is 4.71. The monoisotopic (exact) mass is 263 g/mol. The molecule has 0 amide bonds. The van der Waals surface area contributed by atoms with Crippen LogP contribution in [0.15, 0.2) is 12.1 Å². The number of hydrogen-bond donors (Lipinski definition) is 2. The third-order valence-electron chi connectivity index (χ3n) is 4.41. The molecule has 1 aromatic carbocycles. The van der Waals surface area contributed by atoms with Crippen LogP contribution >= 0.6 is 0 Å². The molecule has 0 atom stereocenters. The maximum atomic E-state index is 10.2. The van der Waals surface area contributed by atoms with Crippen LogP contribution in [0.3, 0.4) is 0 Å². The van der Waals surface area contributed by atoms with E-state index in [2.05, 4.69) is 26.8 Å². The summed E-state index contributed by atoms with van der Waals surface area (Å²) in [5.74, 6) is 0.822. The van der Waals surface area contributed by atoms with Crippen LogP contribution < -0.4 is 10.5 Å². The number of ether oxygens (including phenoxy) is 1. The van der Waals surface area contributed by atoms with Gasteiger partial charge in [0.05, 0.1) is 7.11 Å². The topological polar surface area (TPSA) is 55.5 Å². The first-order valence-electron chi connectivity index (χ1n) is 6.96. The standard InChI is InChI=1S/C16H25NO2/c1-15(2,3)11-8-12(14(19-4)13(18)9-11)16(10-17)6-5-7-16/h8-9,18H,5-7,10,17H2,1-4H3. The van der Waals surface area contributed by atoms with Gasteiger partial charge in [-0.2, -0.15) is 0 Å². The minimum absolute atomic E-state index is 0.00195. The summed E-state index contributed by atoms with van der Waals surface area (Å²) in [6, 6.07) is 3.98. The lowest BCUT2D eigenvalue weighted by Crippen LogP contribution is -2.42. The molecule has 1 saturated carbocycles. The van der Waals surface area contributed by atoms with Crippen molar-refractivity contribution in [1.29, 1.82) is 0 Å². The van der Waals surface area contributed by atoms with Crippen LogP contribution in [0.2, 0.25) is 0 Å². The highest BCUT2D eigenvalue weighted by Gasteiger charge is 2.40. The van der Waals surface area contributed by atoms with Crippen LogP contribution in [-0.4, -0.2) is 18.8 Å². The highest BCUT2D eigenvalue weighted by Crippen LogP contribution is 2.50. The van der Waals surface area contributed by atoms with Crippen molar-refractivity contribution < 1.29 is 9.84 Å². The smallest absolute Gasteiger partial charge is 0.164 e. The van der Waals surface area contributed by atoms with E-state index >= 15 is 0 Å². The summed E-state index contributed by atoms with van der Waals surface area (Å²) in [6.45, 7) is 7.05. The second-order valence-electron chi connectivity index (χ2n) is 6.66. The normalized spacial score (nSPS) is 17.9. The molecule has 0 spiro atoms. The molecule has 0 radical (unpaired) electrons. The summed E-state index contributed by atoms with van der Waals surface area (Å²) < 4.78 is 5.42. The molecule has 1 aliphatic rings. The zero-order valence-electron chi connectivity index (χ0n) is 12.4. The first kappa shape index (κ1) is 14.2. The summed E-state index contributed by atoms with van der Waals surface area (Å²) in [5, 5.41) is 10.2. The van der Waals surface area contributed by atoms with Crippen LogP contribution in [0, 0.1) is 0 Å². The van der Waals surface area contributed by atoms with Gasteiger partial charge in [-0.1, -0.05) is 33.3 Å². The highest BCUT2D eigenvalue weighted by atomic mass is 16.5. The zero-order valence-corrected chi connectivity index (χ0v) is 12.4. The predicted octanol–water partition coefficient (Wildman–Crippen LogP) is 3.08. The van der Waals surface area contributed by atoms with Gasteiger partial charge in [-0.25, -0.2) is 0 Å². The first-order valence-corrected chi connectivity index (χ1v) is 6.96. The molecule has 0 aliphatic heterocycles. The Morgan fingerprint density at radius 3 is 2.32 bits per heavy atom. The fourth-order valence-electron chi connectivity index (χ4n) is 2.84. The van der Waals surface area contributed by atoms with E-state index in [9.17, 15) is 5.11 Å². The third kappa shape index (κ3) is 2.32. The SMILES string of the molecule is COc1c(O)cc(C(C)(C)C)cc1C1(CN)CCC1. The largest absolute Gasteiger partial charge is 0.504 e. The Labute approximate surface area is 115 Å². The lowest BCUT2D eigenvalue weighted by molar-refractivity contribution is 0.240. The van der Waals surface area contributed by atoms with Crippen molar-refractivity contribution in [2.45, 2.75) is 50.9 Å². The summed E-state index contributed by atoms with van der Waals surface area (Å²) >= 11 is 0. The Balaban J connectivity index is 2.60. The second-order valence-corrected chi connectivity index (χ2v) is 6.66. The lowest BCUT2D eigenvalue weighted by Gasteiger charge is -2.42. The van der Waals surface area contributed by atoms with Crippen LogP contribution in [0.25, 0.3) is 0 Å². The molecule has 3 N–H and O–H groups in total. The number of hydrogen-bond acceptors (Lipinski definition) is 3. The van der Waals surface area contributed by atoms with Gasteiger partial charge in [0.1, 0.15) is 0 Å². The Bertz CT molecular complexity index is 465. The maximum absolute atomic E-state index is 10.2. The average molecular weight is 263 g/mol. The fourth-order valence-corrected chi connectivity index (χ4v) is 2.84. The third-order valence-corrected chi connectivity index (χ3v) is 4.41. The van der Waals surface area contributed by atoms with Gasteiger partial charge < -0.3 is 15.6 Å². The molecule has 2 rings (SSSR count). The van der Waals surface area contributed by atoms with E-state index in [0.29, 0.717) is 12.3 Å². The van der Waals surface area contributed by atoms with E-state index in [0.717, 1.165) is 24.0 Å². The number of rotatable bonds is 3. The van der Waals surface area contributed by atoms with Crippen molar-refractivity contribution in [2.24, 2.45) is 5.73 Å². The summed E-state index contributed by atoms with van der Waals surface area (Å²) in [4.78, 5) is 0. The summed E-state index contributed by atoms with van der Waals surface area (Å²) in [6.07, 6.45) is 3.35. The van der Waals surface area contributed by atoms with Crippen LogP contribution in [0.5, 0.6) is 11.5 Å². The van der Waals surface area contributed by atoms with Crippen molar-refractivity contribution in [2.75, 3.05) is 13.7 Å². The van der Waals surface area contributed by atoms with Gasteiger partial charge in [-0.15, -0.1) is 0 Å². The van der Waals surface area contributed by atoms with E-state index in [-0.39, 0.29) is 16.6 Å². The molecule has 0 unspecified atom stereocenters. The first-order chi connectivity index (χ1) is 8.84. The lowest BCUT2D eigenvalue weighted by atomic mass is 9.63. The fraction of sp³-hybridized carbons (Fsp3) is 0.625. The number of phenols is 1. The molecule has 1 fully saturated rings. The van der Waals surface area contributed by atoms with Gasteiger partial charge >= 0.3 is 0 Å². The molecule has 3 nitrogen and oxygen atoms in total. The van der Waals surface area contributed by atoms with Crippen molar-refractivity contribution >= 4 is 0 Å². The summed E-state index contributed by atoms with van der Waals surface area (Å²) in [5.41, 5.74) is 8.19. The number of nitrogens with two attached hydrogens (primary N) is 1. The Kier molecular flexibility index (Phi) is 3.52. The average Bonchev–Trinajstić information content (AvgIpc) is 2.26. The molecule has 0 heterocycles. The summed E-state index contributed by atoms with van der Waals surface area (Å²) in [7, 11) is 1.61. The Morgan fingerprint density at radius 2 is 1.95 bits per heavy atom. The van der Waals surface area contributed by atoms with E-state index in [1.807, 2.05) is 6.07 Å². The van der Waals surface area contributed by atoms with E-state index in [1.165, 1.54) is 6.42 Å². The van der Waals surface area contributed by atoms with Crippen LogP contribution in [0.4, 0.5) is 0 Å². The molecular formula is C16H25NO2. The van der Waals surface area contributed by atoms with Crippen molar-refractivity contribution in [3.63, 3.8) is 0 Å². The molecular weight excluding hydrogens is 238 g/mol. The zero-order chi connectivity index (χ0) is 14.3. The van der Waals surface area contributed by atoms with Crippen molar-refractivity contribution in [3.05, 3.63) is 23.3 Å². The Hall–Kier alpha value is -1.22. The number of phenolic OH excluding ortho intramolecular Hbond substituents is 1. The molecule has 0 saturated heterocycles. The van der Waals surface area contributed by atoms with E-state index < -0.39 is 0 Å². The molecule has 19 heavy (non-hydrogen) atoms. The van der Waals surface area contributed by atoms with E-state index in [1.54, 1.807) is 7.11 Å². The molecule has 1 aromatic rings. The maximum Gasteiger partial charge on any atom is 0.164 e. The minimum atomic E-state index is -0.00984. The molecule has 106 valence electrons.